The average Bonchev–Trinajstić information content (AvgIpc) is 3.65. The molecule has 9 nitrogen and oxygen atoms in total. The lowest BCUT2D eigenvalue weighted by Gasteiger charge is -2.23. The van der Waals surface area contributed by atoms with Gasteiger partial charge in [-0.15, -0.1) is 0 Å². The van der Waals surface area contributed by atoms with Crippen molar-refractivity contribution in [2.75, 3.05) is 24.3 Å². The van der Waals surface area contributed by atoms with Crippen LogP contribution < -0.4 is 15.4 Å². The molecule has 3 aromatic heterocycles. The van der Waals surface area contributed by atoms with E-state index in [0.29, 0.717) is 12.0 Å². The smallest absolute Gasteiger partial charge is 0.231 e. The van der Waals surface area contributed by atoms with Gasteiger partial charge in [-0.2, -0.15) is 9.97 Å². The number of aromatic nitrogens is 6. The Kier molecular flexibility index (Phi) is 6.89. The van der Waals surface area contributed by atoms with Gasteiger partial charge >= 0.3 is 0 Å². The summed E-state index contributed by atoms with van der Waals surface area (Å²) in [5, 5.41) is 6.93. The van der Waals surface area contributed by atoms with Crippen LogP contribution in [0.5, 0.6) is 5.75 Å². The van der Waals surface area contributed by atoms with E-state index in [1.54, 1.807) is 19.6 Å². The minimum Gasteiger partial charge on any atom is -0.497 e. The molecule has 1 aliphatic carbocycles. The monoisotopic (exact) mass is 508 g/mol. The Labute approximate surface area is 221 Å². The lowest BCUT2D eigenvalue weighted by atomic mass is 9.95. The number of imidazole rings is 2. The first-order valence-electron chi connectivity index (χ1n) is 13.2. The Bertz CT molecular complexity index is 1470. The maximum Gasteiger partial charge on any atom is 0.231 e. The largest absolute Gasteiger partial charge is 0.497 e. The van der Waals surface area contributed by atoms with Crippen molar-refractivity contribution >= 4 is 28.6 Å². The van der Waals surface area contributed by atoms with Crippen LogP contribution >= 0.6 is 0 Å². The molecule has 0 bridgehead atoms. The Hall–Kier alpha value is -4.40. The SMILES string of the molecule is COc1ccc(CCNc2nc(Nc3ccc(-n4ccnc4)cc3)nc3c2ncn3C2CCCCC2)cc1. The number of nitrogens with one attached hydrogen (secondary N) is 2. The van der Waals surface area contributed by atoms with Crippen LogP contribution in [0.3, 0.4) is 0 Å². The van der Waals surface area contributed by atoms with Gasteiger partial charge in [0, 0.05) is 36.4 Å². The molecule has 1 saturated carbocycles. The highest BCUT2D eigenvalue weighted by Crippen LogP contribution is 2.32. The van der Waals surface area contributed by atoms with Gasteiger partial charge < -0.3 is 24.5 Å². The molecule has 0 saturated heterocycles. The summed E-state index contributed by atoms with van der Waals surface area (Å²) in [7, 11) is 1.68. The number of methoxy groups -OCH3 is 1. The molecule has 0 spiro atoms. The van der Waals surface area contributed by atoms with E-state index in [2.05, 4.69) is 32.3 Å². The summed E-state index contributed by atoms with van der Waals surface area (Å²) >= 11 is 0. The second-order valence-corrected chi connectivity index (χ2v) is 9.68. The van der Waals surface area contributed by atoms with Crippen molar-refractivity contribution in [3.63, 3.8) is 0 Å². The van der Waals surface area contributed by atoms with Crippen LogP contribution in [0.25, 0.3) is 16.9 Å². The van der Waals surface area contributed by atoms with Crippen molar-refractivity contribution < 1.29 is 4.74 Å². The van der Waals surface area contributed by atoms with Crippen LogP contribution in [0.1, 0.15) is 43.7 Å². The van der Waals surface area contributed by atoms with Crippen molar-refractivity contribution in [1.29, 1.82) is 0 Å². The second-order valence-electron chi connectivity index (χ2n) is 9.68. The predicted molar refractivity (Wildman–Crippen MR) is 149 cm³/mol. The van der Waals surface area contributed by atoms with Gasteiger partial charge in [0.15, 0.2) is 17.0 Å². The van der Waals surface area contributed by atoms with Crippen LogP contribution in [-0.2, 0) is 6.42 Å². The van der Waals surface area contributed by atoms with Gasteiger partial charge in [0.05, 0.1) is 19.8 Å². The van der Waals surface area contributed by atoms with Gasteiger partial charge in [0.25, 0.3) is 0 Å². The molecule has 9 heteroatoms. The normalized spacial score (nSPS) is 14.0. The van der Waals surface area contributed by atoms with Crippen molar-refractivity contribution in [2.45, 2.75) is 44.6 Å². The molecule has 1 fully saturated rings. The summed E-state index contributed by atoms with van der Waals surface area (Å²) in [5.74, 6) is 2.16. The molecule has 5 aromatic rings. The zero-order valence-corrected chi connectivity index (χ0v) is 21.5. The van der Waals surface area contributed by atoms with Crippen LogP contribution in [0.2, 0.25) is 0 Å². The first kappa shape index (κ1) is 24.0. The van der Waals surface area contributed by atoms with E-state index in [4.69, 9.17) is 19.7 Å². The topological polar surface area (TPSA) is 94.7 Å². The molecule has 1 aliphatic rings. The predicted octanol–water partition coefficient (Wildman–Crippen LogP) is 5.92. The minimum absolute atomic E-state index is 0.429. The van der Waals surface area contributed by atoms with E-state index in [9.17, 15) is 0 Å². The molecule has 0 radical (unpaired) electrons. The van der Waals surface area contributed by atoms with E-state index in [0.717, 1.165) is 59.9 Å². The highest BCUT2D eigenvalue weighted by Gasteiger charge is 2.21. The molecule has 0 aliphatic heterocycles. The molecule has 0 unspecified atom stereocenters. The Morgan fingerprint density at radius 1 is 0.947 bits per heavy atom. The summed E-state index contributed by atoms with van der Waals surface area (Å²) < 4.78 is 9.50. The second kappa shape index (κ2) is 10.9. The summed E-state index contributed by atoms with van der Waals surface area (Å²) in [6, 6.07) is 16.7. The number of nitrogens with zero attached hydrogens (tertiary/aromatic N) is 6. The van der Waals surface area contributed by atoms with Gasteiger partial charge in [0.2, 0.25) is 5.95 Å². The van der Waals surface area contributed by atoms with Crippen molar-refractivity contribution in [3.8, 4) is 11.4 Å². The maximum absolute atomic E-state index is 5.28. The molecule has 0 atom stereocenters. The van der Waals surface area contributed by atoms with Gasteiger partial charge in [-0.25, -0.2) is 9.97 Å². The Morgan fingerprint density at radius 2 is 1.76 bits per heavy atom. The fourth-order valence-corrected chi connectivity index (χ4v) is 5.10. The standard InChI is InChI=1S/C29H32N8O/c1-38-25-13-7-21(8-14-25)15-16-31-27-26-28(37(20-32-26)24-5-3-2-4-6-24)35-29(34-27)33-22-9-11-23(12-10-22)36-18-17-30-19-36/h7-14,17-20,24H,2-6,15-16H2,1H3,(H2,31,33,34,35). The highest BCUT2D eigenvalue weighted by atomic mass is 16.5. The lowest BCUT2D eigenvalue weighted by molar-refractivity contribution is 0.358. The summed E-state index contributed by atoms with van der Waals surface area (Å²) in [6.45, 7) is 0.730. The number of hydrogen-bond donors (Lipinski definition) is 2. The molecule has 6 rings (SSSR count). The molecule has 0 amide bonds. The zero-order valence-electron chi connectivity index (χ0n) is 21.5. The molecule has 194 valence electrons. The average molecular weight is 509 g/mol. The maximum atomic E-state index is 5.28. The Balaban J connectivity index is 1.26. The Morgan fingerprint density at radius 3 is 2.50 bits per heavy atom. The van der Waals surface area contributed by atoms with Crippen LogP contribution in [-0.4, -0.2) is 42.7 Å². The third-order valence-corrected chi connectivity index (χ3v) is 7.18. The number of anilines is 3. The first-order valence-corrected chi connectivity index (χ1v) is 13.2. The highest BCUT2D eigenvalue weighted by molar-refractivity contribution is 5.85. The van der Waals surface area contributed by atoms with Gasteiger partial charge in [0.1, 0.15) is 5.75 Å². The van der Waals surface area contributed by atoms with Gasteiger partial charge in [-0.1, -0.05) is 31.4 Å². The molecule has 2 N–H and O–H groups in total. The van der Waals surface area contributed by atoms with Crippen molar-refractivity contribution in [3.05, 3.63) is 79.1 Å². The summed E-state index contributed by atoms with van der Waals surface area (Å²) in [4.78, 5) is 18.7. The quantitative estimate of drug-likeness (QED) is 0.255. The fraction of sp³-hybridized carbons (Fsp3) is 0.310. The van der Waals surface area contributed by atoms with Crippen LogP contribution in [0, 0.1) is 0 Å². The fourth-order valence-electron chi connectivity index (χ4n) is 5.10. The number of fused-ring (bicyclic) bond motifs is 1. The first-order chi connectivity index (χ1) is 18.8. The van der Waals surface area contributed by atoms with Gasteiger partial charge in [-0.3, -0.25) is 0 Å². The number of benzene rings is 2. The van der Waals surface area contributed by atoms with E-state index in [1.165, 1.54) is 24.8 Å². The van der Waals surface area contributed by atoms with E-state index >= 15 is 0 Å². The third-order valence-electron chi connectivity index (χ3n) is 7.18. The van der Waals surface area contributed by atoms with Crippen molar-refractivity contribution in [1.82, 2.24) is 29.1 Å². The van der Waals surface area contributed by atoms with Crippen LogP contribution in [0.4, 0.5) is 17.5 Å². The molecule has 38 heavy (non-hydrogen) atoms. The number of ether oxygens (including phenoxy) is 1. The zero-order chi connectivity index (χ0) is 25.7. The third kappa shape index (κ3) is 5.18. The minimum atomic E-state index is 0.429. The lowest BCUT2D eigenvalue weighted by Crippen LogP contribution is -2.13. The van der Waals surface area contributed by atoms with E-state index in [1.807, 2.05) is 53.5 Å². The van der Waals surface area contributed by atoms with E-state index < -0.39 is 0 Å². The molecular weight excluding hydrogens is 476 g/mol. The molecular formula is C29H32N8O. The molecule has 3 heterocycles. The number of hydrogen-bond acceptors (Lipinski definition) is 7. The number of rotatable bonds is 9. The molecule has 2 aromatic carbocycles. The van der Waals surface area contributed by atoms with E-state index in [-0.39, 0.29) is 0 Å². The summed E-state index contributed by atoms with van der Waals surface area (Å²) in [5.41, 5.74) is 4.87. The van der Waals surface area contributed by atoms with Gasteiger partial charge in [-0.05, 0) is 61.2 Å². The summed E-state index contributed by atoms with van der Waals surface area (Å²) in [6.07, 6.45) is 14.4. The van der Waals surface area contributed by atoms with Crippen LogP contribution in [0.15, 0.2) is 73.6 Å². The van der Waals surface area contributed by atoms with Crippen molar-refractivity contribution in [2.24, 2.45) is 0 Å².